The summed E-state index contributed by atoms with van der Waals surface area (Å²) in [6, 6.07) is 9.32. The van der Waals surface area contributed by atoms with Gasteiger partial charge >= 0.3 is 0 Å². The number of hydrogen-bond acceptors (Lipinski definition) is 4. The van der Waals surface area contributed by atoms with E-state index in [-0.39, 0.29) is 19.0 Å². The van der Waals surface area contributed by atoms with E-state index in [2.05, 4.69) is 0 Å². The lowest BCUT2D eigenvalue weighted by molar-refractivity contribution is 0.112. The van der Waals surface area contributed by atoms with E-state index in [0.29, 0.717) is 23.5 Å². The molecule has 0 saturated heterocycles. The van der Waals surface area contributed by atoms with Gasteiger partial charge in [-0.05, 0) is 29.8 Å². The smallest absolute Gasteiger partial charge is 0.231 e. The summed E-state index contributed by atoms with van der Waals surface area (Å²) in [6.45, 7) is 0.463. The monoisotopic (exact) mass is 274 g/mol. The zero-order valence-corrected chi connectivity index (χ0v) is 10.5. The molecule has 20 heavy (non-hydrogen) atoms. The van der Waals surface area contributed by atoms with E-state index in [9.17, 15) is 9.18 Å². The minimum atomic E-state index is -0.504. The van der Waals surface area contributed by atoms with E-state index in [1.54, 1.807) is 6.07 Å². The summed E-state index contributed by atoms with van der Waals surface area (Å²) in [5, 5.41) is 0. The maximum Gasteiger partial charge on any atom is 0.231 e. The molecule has 2 aromatic carbocycles. The zero-order chi connectivity index (χ0) is 13.9. The first kappa shape index (κ1) is 12.5. The van der Waals surface area contributed by atoms with Crippen molar-refractivity contribution in [3.63, 3.8) is 0 Å². The molecule has 0 N–H and O–H groups in total. The molecule has 2 aromatic rings. The number of carbonyl (C=O) groups excluding carboxylic acids is 1. The van der Waals surface area contributed by atoms with Crippen molar-refractivity contribution < 1.29 is 23.4 Å². The predicted octanol–water partition coefficient (Wildman–Crippen LogP) is 2.95. The summed E-state index contributed by atoms with van der Waals surface area (Å²) in [4.78, 5) is 10.7. The van der Waals surface area contributed by atoms with Crippen LogP contribution >= 0.6 is 0 Å². The topological polar surface area (TPSA) is 44.8 Å². The van der Waals surface area contributed by atoms with Crippen LogP contribution in [0.5, 0.6) is 17.2 Å². The van der Waals surface area contributed by atoms with E-state index in [0.717, 1.165) is 11.6 Å². The zero-order valence-electron chi connectivity index (χ0n) is 10.5. The van der Waals surface area contributed by atoms with Crippen molar-refractivity contribution in [1.82, 2.24) is 0 Å². The number of rotatable bonds is 4. The Hall–Kier alpha value is -2.56. The fraction of sp³-hybridized carbons (Fsp3) is 0.133. The van der Waals surface area contributed by atoms with Crippen molar-refractivity contribution in [2.45, 2.75) is 6.61 Å². The maximum atomic E-state index is 13.2. The van der Waals surface area contributed by atoms with Crippen molar-refractivity contribution >= 4 is 6.29 Å². The number of halogens is 1. The van der Waals surface area contributed by atoms with Crippen LogP contribution in [0.1, 0.15) is 15.9 Å². The molecule has 5 heteroatoms. The third-order valence-electron chi connectivity index (χ3n) is 2.87. The average Bonchev–Trinajstić information content (AvgIpc) is 2.92. The van der Waals surface area contributed by atoms with Crippen molar-refractivity contribution in [1.29, 1.82) is 0 Å². The summed E-state index contributed by atoms with van der Waals surface area (Å²) in [7, 11) is 0. The lowest BCUT2D eigenvalue weighted by atomic mass is 10.2. The van der Waals surface area contributed by atoms with Gasteiger partial charge in [-0.1, -0.05) is 6.07 Å². The van der Waals surface area contributed by atoms with Crippen LogP contribution < -0.4 is 14.2 Å². The summed E-state index contributed by atoms with van der Waals surface area (Å²) in [5.74, 6) is 1.17. The number of aldehydes is 1. The van der Waals surface area contributed by atoms with Crippen molar-refractivity contribution in [2.24, 2.45) is 0 Å². The van der Waals surface area contributed by atoms with Crippen molar-refractivity contribution in [3.8, 4) is 17.2 Å². The van der Waals surface area contributed by atoms with E-state index < -0.39 is 5.82 Å². The quantitative estimate of drug-likeness (QED) is 0.804. The van der Waals surface area contributed by atoms with E-state index in [1.807, 2.05) is 12.1 Å². The molecule has 0 saturated carbocycles. The Kier molecular flexibility index (Phi) is 3.25. The molecule has 0 bridgehead atoms. The second kappa shape index (κ2) is 5.21. The number of fused-ring (bicyclic) bond motifs is 1. The SMILES string of the molecule is O=Cc1cc(F)cc(OCc2ccc3c(c2)OCO3)c1. The van der Waals surface area contributed by atoms with E-state index >= 15 is 0 Å². The van der Waals surface area contributed by atoms with Gasteiger partial charge in [-0.3, -0.25) is 4.79 Å². The van der Waals surface area contributed by atoms with Crippen LogP contribution in [0.4, 0.5) is 4.39 Å². The maximum absolute atomic E-state index is 13.2. The fourth-order valence-corrected chi connectivity index (χ4v) is 1.93. The van der Waals surface area contributed by atoms with Crippen LogP contribution in [0, 0.1) is 5.82 Å². The van der Waals surface area contributed by atoms with Crippen LogP contribution in [0.2, 0.25) is 0 Å². The van der Waals surface area contributed by atoms with Gasteiger partial charge in [-0.25, -0.2) is 4.39 Å². The summed E-state index contributed by atoms with van der Waals surface area (Å²) in [5.41, 5.74) is 1.11. The molecule has 0 aromatic heterocycles. The molecule has 0 aliphatic carbocycles. The first-order valence-corrected chi connectivity index (χ1v) is 6.02. The van der Waals surface area contributed by atoms with Gasteiger partial charge in [-0.2, -0.15) is 0 Å². The average molecular weight is 274 g/mol. The minimum absolute atomic E-state index is 0.215. The molecule has 4 nitrogen and oxygen atoms in total. The molecule has 102 valence electrons. The normalized spacial score (nSPS) is 12.2. The fourth-order valence-electron chi connectivity index (χ4n) is 1.93. The molecule has 1 aliphatic heterocycles. The molecule has 0 unspecified atom stereocenters. The molecule has 1 heterocycles. The summed E-state index contributed by atoms with van der Waals surface area (Å²) < 4.78 is 29.2. The number of ether oxygens (including phenoxy) is 3. The van der Waals surface area contributed by atoms with E-state index in [4.69, 9.17) is 14.2 Å². The van der Waals surface area contributed by atoms with Crippen LogP contribution in [0.25, 0.3) is 0 Å². The van der Waals surface area contributed by atoms with Gasteiger partial charge in [0.1, 0.15) is 24.5 Å². The van der Waals surface area contributed by atoms with Gasteiger partial charge in [0, 0.05) is 11.6 Å². The highest BCUT2D eigenvalue weighted by molar-refractivity contribution is 5.75. The van der Waals surface area contributed by atoms with E-state index in [1.165, 1.54) is 12.1 Å². The van der Waals surface area contributed by atoms with Gasteiger partial charge in [0.15, 0.2) is 11.5 Å². The molecular formula is C15H11FO4. The molecule has 3 rings (SSSR count). The molecule has 0 atom stereocenters. The van der Waals surface area contributed by atoms with Crippen LogP contribution in [0.15, 0.2) is 36.4 Å². The highest BCUT2D eigenvalue weighted by Crippen LogP contribution is 2.32. The molecule has 0 amide bonds. The van der Waals surface area contributed by atoms with Gasteiger partial charge in [0.2, 0.25) is 6.79 Å². The molecule has 0 fully saturated rings. The first-order valence-electron chi connectivity index (χ1n) is 6.02. The Balaban J connectivity index is 1.73. The van der Waals surface area contributed by atoms with Gasteiger partial charge in [0.25, 0.3) is 0 Å². The largest absolute Gasteiger partial charge is 0.489 e. The van der Waals surface area contributed by atoms with Crippen molar-refractivity contribution in [2.75, 3.05) is 6.79 Å². The Morgan fingerprint density at radius 2 is 2.00 bits per heavy atom. The molecular weight excluding hydrogens is 263 g/mol. The van der Waals surface area contributed by atoms with Crippen LogP contribution in [-0.2, 0) is 6.61 Å². The summed E-state index contributed by atoms with van der Waals surface area (Å²) in [6.07, 6.45) is 0.580. The standard InChI is InChI=1S/C15H11FO4/c16-12-3-11(7-17)4-13(6-12)18-8-10-1-2-14-15(5-10)20-9-19-14/h1-7H,8-9H2. The third kappa shape index (κ3) is 2.56. The first-order chi connectivity index (χ1) is 9.74. The minimum Gasteiger partial charge on any atom is -0.489 e. The van der Waals surface area contributed by atoms with Crippen LogP contribution in [-0.4, -0.2) is 13.1 Å². The predicted molar refractivity (Wildman–Crippen MR) is 68.7 cm³/mol. The van der Waals surface area contributed by atoms with Crippen molar-refractivity contribution in [3.05, 3.63) is 53.3 Å². The highest BCUT2D eigenvalue weighted by atomic mass is 19.1. The molecule has 1 aliphatic rings. The Morgan fingerprint density at radius 1 is 1.15 bits per heavy atom. The Bertz CT molecular complexity index is 654. The number of benzene rings is 2. The highest BCUT2D eigenvalue weighted by Gasteiger charge is 2.13. The summed E-state index contributed by atoms with van der Waals surface area (Å²) >= 11 is 0. The second-order valence-corrected chi connectivity index (χ2v) is 4.31. The third-order valence-corrected chi connectivity index (χ3v) is 2.87. The molecule has 0 radical (unpaired) electrons. The number of hydrogen-bond donors (Lipinski definition) is 0. The van der Waals surface area contributed by atoms with Gasteiger partial charge < -0.3 is 14.2 Å². The second-order valence-electron chi connectivity index (χ2n) is 4.31. The lowest BCUT2D eigenvalue weighted by Gasteiger charge is -2.07. The van der Waals surface area contributed by atoms with Gasteiger partial charge in [0.05, 0.1) is 0 Å². The molecule has 0 spiro atoms. The lowest BCUT2D eigenvalue weighted by Crippen LogP contribution is -1.97. The number of carbonyl (C=O) groups is 1. The Morgan fingerprint density at radius 3 is 2.85 bits per heavy atom. The van der Waals surface area contributed by atoms with Gasteiger partial charge in [-0.15, -0.1) is 0 Å². The Labute approximate surface area is 114 Å². The van der Waals surface area contributed by atoms with Crippen LogP contribution in [0.3, 0.4) is 0 Å².